The summed E-state index contributed by atoms with van der Waals surface area (Å²) in [5, 5.41) is 5.38. The molecule has 0 fully saturated rings. The number of benzene rings is 6. The Morgan fingerprint density at radius 2 is 1.24 bits per heavy atom. The van der Waals surface area contributed by atoms with Crippen LogP contribution in [0.15, 0.2) is 140 Å². The summed E-state index contributed by atoms with van der Waals surface area (Å²) in [5.74, 6) is 0.777. The van der Waals surface area contributed by atoms with E-state index in [1.165, 1.54) is 65.7 Å². The molecule has 6 aromatic carbocycles. The van der Waals surface area contributed by atoms with Gasteiger partial charge in [0.1, 0.15) is 8.07 Å². The maximum atomic E-state index is 5.33. The van der Waals surface area contributed by atoms with Crippen LogP contribution in [0.2, 0.25) is 13.1 Å². The van der Waals surface area contributed by atoms with Crippen LogP contribution in [-0.2, 0) is 5.41 Å². The van der Waals surface area contributed by atoms with Crippen molar-refractivity contribution in [1.29, 1.82) is 0 Å². The van der Waals surface area contributed by atoms with E-state index in [4.69, 9.17) is 9.97 Å². The minimum absolute atomic E-state index is 0.0472. The van der Waals surface area contributed by atoms with Gasteiger partial charge in [-0.1, -0.05) is 142 Å². The van der Waals surface area contributed by atoms with E-state index in [2.05, 4.69) is 165 Å². The van der Waals surface area contributed by atoms with Crippen molar-refractivity contribution in [2.45, 2.75) is 32.4 Å². The van der Waals surface area contributed by atoms with Crippen LogP contribution in [0.3, 0.4) is 0 Å². The van der Waals surface area contributed by atoms with E-state index in [-0.39, 0.29) is 5.41 Å². The fourth-order valence-electron chi connectivity index (χ4n) is 8.83. The van der Waals surface area contributed by atoms with Crippen LogP contribution in [0.25, 0.3) is 72.5 Å². The third-order valence-electron chi connectivity index (χ3n) is 11.2. The first-order valence-electron chi connectivity index (χ1n) is 17.2. The predicted octanol–water partition coefficient (Wildman–Crippen LogP) is 10.0. The van der Waals surface area contributed by atoms with Crippen molar-refractivity contribution < 1.29 is 0 Å². The van der Waals surface area contributed by atoms with Gasteiger partial charge in [-0.3, -0.25) is 0 Å². The zero-order valence-electron chi connectivity index (χ0n) is 28.1. The summed E-state index contributed by atoms with van der Waals surface area (Å²) >= 11 is 0. The molecular formula is C45H35N3Si. The fraction of sp³-hybridized carbons (Fsp3) is 0.111. The van der Waals surface area contributed by atoms with E-state index in [1.807, 2.05) is 6.07 Å². The van der Waals surface area contributed by atoms with Gasteiger partial charge in [0.05, 0.1) is 22.4 Å². The van der Waals surface area contributed by atoms with Crippen molar-refractivity contribution >= 4 is 40.3 Å². The fourth-order valence-corrected chi connectivity index (χ4v) is 12.1. The van der Waals surface area contributed by atoms with E-state index in [9.17, 15) is 0 Å². The lowest BCUT2D eigenvalue weighted by Crippen LogP contribution is -2.50. The van der Waals surface area contributed by atoms with Gasteiger partial charge >= 0.3 is 0 Å². The van der Waals surface area contributed by atoms with E-state index >= 15 is 0 Å². The summed E-state index contributed by atoms with van der Waals surface area (Å²) in [6.07, 6.45) is 0. The first kappa shape index (κ1) is 28.4. The summed E-state index contributed by atoms with van der Waals surface area (Å²) in [4.78, 5) is 10.6. The molecule has 0 unspecified atom stereocenters. The Morgan fingerprint density at radius 3 is 2.04 bits per heavy atom. The number of hydrogen-bond donors (Lipinski definition) is 0. The van der Waals surface area contributed by atoms with Gasteiger partial charge in [0.25, 0.3) is 0 Å². The molecule has 1 aliphatic heterocycles. The van der Waals surface area contributed by atoms with E-state index in [1.54, 1.807) is 0 Å². The van der Waals surface area contributed by atoms with Gasteiger partial charge in [0, 0.05) is 33.0 Å². The smallest absolute Gasteiger partial charge is 0.160 e. The van der Waals surface area contributed by atoms with Crippen molar-refractivity contribution in [2.24, 2.45) is 0 Å². The second-order valence-corrected chi connectivity index (χ2v) is 18.9. The molecule has 10 rings (SSSR count). The van der Waals surface area contributed by atoms with Gasteiger partial charge in [-0.25, -0.2) is 9.97 Å². The number of rotatable bonds is 3. The molecule has 8 aromatic rings. The zero-order chi connectivity index (χ0) is 33.1. The largest absolute Gasteiger partial charge is 0.309 e. The van der Waals surface area contributed by atoms with Crippen LogP contribution in [0.1, 0.15) is 25.0 Å². The molecule has 0 N–H and O–H groups in total. The van der Waals surface area contributed by atoms with Crippen molar-refractivity contribution in [2.75, 3.05) is 0 Å². The second-order valence-electron chi connectivity index (χ2n) is 14.6. The quantitative estimate of drug-likeness (QED) is 0.179. The number of aromatic nitrogens is 3. The maximum Gasteiger partial charge on any atom is 0.160 e. The highest BCUT2D eigenvalue weighted by Gasteiger charge is 2.42. The molecule has 0 saturated heterocycles. The average molecular weight is 646 g/mol. The normalized spacial score (nSPS) is 14.9. The summed E-state index contributed by atoms with van der Waals surface area (Å²) in [5.41, 5.74) is 14.8. The minimum Gasteiger partial charge on any atom is -0.309 e. The highest BCUT2D eigenvalue weighted by molar-refractivity contribution is 7.04. The lowest BCUT2D eigenvalue weighted by molar-refractivity contribution is 0.661. The Hall–Kier alpha value is -5.58. The molecule has 2 aliphatic rings. The number of fused-ring (bicyclic) bond motifs is 10. The van der Waals surface area contributed by atoms with E-state index < -0.39 is 8.07 Å². The van der Waals surface area contributed by atoms with Crippen LogP contribution in [-0.4, -0.2) is 22.6 Å². The molecule has 4 heteroatoms. The lowest BCUT2D eigenvalue weighted by Gasteiger charge is -2.22. The molecule has 0 radical (unpaired) electrons. The second kappa shape index (κ2) is 9.97. The van der Waals surface area contributed by atoms with Gasteiger partial charge in [0.2, 0.25) is 0 Å². The Balaban J connectivity index is 1.23. The topological polar surface area (TPSA) is 30.7 Å². The molecule has 234 valence electrons. The Morgan fingerprint density at radius 1 is 0.571 bits per heavy atom. The van der Waals surface area contributed by atoms with Crippen LogP contribution in [0, 0.1) is 0 Å². The molecule has 0 saturated carbocycles. The van der Waals surface area contributed by atoms with Crippen molar-refractivity contribution in [1.82, 2.24) is 14.5 Å². The molecule has 2 aromatic heterocycles. The van der Waals surface area contributed by atoms with E-state index in [0.29, 0.717) is 0 Å². The van der Waals surface area contributed by atoms with Gasteiger partial charge in [-0.2, -0.15) is 0 Å². The Bertz CT molecular complexity index is 2650. The zero-order valence-corrected chi connectivity index (χ0v) is 29.1. The third-order valence-corrected chi connectivity index (χ3v) is 14.7. The van der Waals surface area contributed by atoms with Gasteiger partial charge in [-0.05, 0) is 62.5 Å². The molecule has 3 heterocycles. The minimum atomic E-state index is -2.23. The van der Waals surface area contributed by atoms with Gasteiger partial charge in [-0.15, -0.1) is 0 Å². The van der Waals surface area contributed by atoms with Crippen LogP contribution in [0.5, 0.6) is 0 Å². The highest BCUT2D eigenvalue weighted by atomic mass is 28.3. The molecule has 49 heavy (non-hydrogen) atoms. The van der Waals surface area contributed by atoms with Crippen LogP contribution in [0.4, 0.5) is 0 Å². The standard InChI is InChI=1S/C45H35N3Si/c1-45(2)34-21-13-11-19-31(34)39-35(45)25-26-37-40(39)32-20-12-14-22-36(32)48(37)30-23-24-33-38(27-30)49(3,4)43-41(28-15-7-5-8-16-28)46-44(47-42(33)43)29-17-9-6-10-18-29/h5-27H,1-4H3. The number of hydrogen-bond acceptors (Lipinski definition) is 2. The molecule has 3 nitrogen and oxygen atoms in total. The summed E-state index contributed by atoms with van der Waals surface area (Å²) in [6, 6.07) is 50.8. The third kappa shape index (κ3) is 3.83. The van der Waals surface area contributed by atoms with Gasteiger partial charge in [0.15, 0.2) is 5.82 Å². The first-order chi connectivity index (χ1) is 23.8. The van der Waals surface area contributed by atoms with Crippen LogP contribution < -0.4 is 10.4 Å². The summed E-state index contributed by atoms with van der Waals surface area (Å²) < 4.78 is 2.49. The monoisotopic (exact) mass is 645 g/mol. The van der Waals surface area contributed by atoms with Crippen molar-refractivity contribution in [3.05, 3.63) is 151 Å². The van der Waals surface area contributed by atoms with Gasteiger partial charge < -0.3 is 4.57 Å². The molecular weight excluding hydrogens is 611 g/mol. The SMILES string of the molecule is CC1(C)c2ccccc2-c2c1ccc1c2c2ccccc2n1-c1ccc2c(c1)[Si](C)(C)c1c(-c3ccccc3)nc(-c3ccccc3)nc1-2. The lowest BCUT2D eigenvalue weighted by atomic mass is 9.82. The summed E-state index contributed by atoms with van der Waals surface area (Å²) in [6.45, 7) is 9.67. The van der Waals surface area contributed by atoms with Crippen molar-refractivity contribution in [3.8, 4) is 50.7 Å². The maximum absolute atomic E-state index is 5.33. The Kier molecular flexibility index (Phi) is 5.79. The first-order valence-corrected chi connectivity index (χ1v) is 20.2. The number of nitrogens with zero attached hydrogens (tertiary/aromatic N) is 3. The summed E-state index contributed by atoms with van der Waals surface area (Å²) in [7, 11) is -2.23. The number of para-hydroxylation sites is 1. The van der Waals surface area contributed by atoms with E-state index in [0.717, 1.165) is 28.3 Å². The molecule has 0 bridgehead atoms. The molecule has 1 aliphatic carbocycles. The molecule has 0 atom stereocenters. The molecule has 0 spiro atoms. The van der Waals surface area contributed by atoms with Crippen LogP contribution >= 0.6 is 0 Å². The Labute approximate surface area is 287 Å². The highest BCUT2D eigenvalue weighted by Crippen LogP contribution is 2.53. The molecule has 0 amide bonds. The average Bonchev–Trinajstić information content (AvgIpc) is 3.69. The predicted molar refractivity (Wildman–Crippen MR) is 207 cm³/mol. The van der Waals surface area contributed by atoms with Crippen molar-refractivity contribution in [3.63, 3.8) is 0 Å².